The Morgan fingerprint density at radius 3 is 0.983 bits per heavy atom. The summed E-state index contributed by atoms with van der Waals surface area (Å²) in [7, 11) is 0. The summed E-state index contributed by atoms with van der Waals surface area (Å²) in [5.41, 5.74) is 6.86. The van der Waals surface area contributed by atoms with Gasteiger partial charge in [-0.2, -0.15) is 0 Å². The van der Waals surface area contributed by atoms with E-state index in [2.05, 4.69) is 228 Å². The highest BCUT2D eigenvalue weighted by Crippen LogP contribution is 2.49. The molecule has 0 saturated carbocycles. The van der Waals surface area contributed by atoms with E-state index in [0.29, 0.717) is 0 Å². The summed E-state index contributed by atoms with van der Waals surface area (Å²) in [5.74, 6) is 0. The Bertz CT molecular complexity index is 3280. The van der Waals surface area contributed by atoms with Crippen LogP contribution in [0.25, 0.3) is 75.4 Å². The minimum atomic E-state index is 1.12. The van der Waals surface area contributed by atoms with Gasteiger partial charge in [-0.25, -0.2) is 0 Å². The normalized spacial score (nSPS) is 11.8. The largest absolute Gasteiger partial charge is 0.309 e. The molecule has 270 valence electrons. The smallest absolute Gasteiger partial charge is 0.0540 e. The molecule has 58 heavy (non-hydrogen) atoms. The maximum absolute atomic E-state index is 2.46. The Morgan fingerprint density at radius 2 is 0.552 bits per heavy atom. The van der Waals surface area contributed by atoms with Gasteiger partial charge in [-0.1, -0.05) is 146 Å². The molecule has 0 aliphatic carbocycles. The van der Waals surface area contributed by atoms with E-state index in [4.69, 9.17) is 0 Å². The van der Waals surface area contributed by atoms with Crippen molar-refractivity contribution in [2.24, 2.45) is 0 Å². The molecular formula is C56H36N2. The van der Waals surface area contributed by atoms with E-state index in [-0.39, 0.29) is 0 Å². The molecule has 2 heteroatoms. The second-order valence-corrected chi connectivity index (χ2v) is 15.3. The van der Waals surface area contributed by atoms with Crippen LogP contribution in [-0.2, 0) is 0 Å². The topological polar surface area (TPSA) is 6.48 Å². The number of fused-ring (bicyclic) bond motifs is 4. The summed E-state index contributed by atoms with van der Waals surface area (Å²) in [6.07, 6.45) is 0. The zero-order valence-corrected chi connectivity index (χ0v) is 31.7. The first-order chi connectivity index (χ1) is 28.8. The van der Waals surface area contributed by atoms with Crippen LogP contribution >= 0.6 is 0 Å². The highest BCUT2D eigenvalue weighted by atomic mass is 15.2. The molecule has 0 amide bonds. The highest BCUT2D eigenvalue weighted by molar-refractivity contribution is 6.28. The predicted molar refractivity (Wildman–Crippen MR) is 250 cm³/mol. The van der Waals surface area contributed by atoms with Gasteiger partial charge in [0, 0.05) is 32.9 Å². The van der Waals surface area contributed by atoms with Crippen LogP contribution in [0.2, 0.25) is 0 Å². The van der Waals surface area contributed by atoms with Gasteiger partial charge in [0.05, 0.1) is 22.7 Å². The molecular weight excluding hydrogens is 701 g/mol. The fraction of sp³-hybridized carbons (Fsp3) is 0. The number of para-hydroxylation sites is 2. The van der Waals surface area contributed by atoms with E-state index in [1.807, 2.05) is 0 Å². The third kappa shape index (κ3) is 5.05. The lowest BCUT2D eigenvalue weighted by Gasteiger charge is -2.30. The van der Waals surface area contributed by atoms with Crippen LogP contribution in [0.1, 0.15) is 0 Å². The lowest BCUT2D eigenvalue weighted by molar-refractivity contribution is 1.31. The molecule has 0 unspecified atom stereocenters. The van der Waals surface area contributed by atoms with Gasteiger partial charge in [0.15, 0.2) is 0 Å². The first kappa shape index (κ1) is 32.6. The van der Waals surface area contributed by atoms with Crippen molar-refractivity contribution in [1.82, 2.24) is 0 Å². The monoisotopic (exact) mass is 736 g/mol. The van der Waals surface area contributed by atoms with Crippen molar-refractivity contribution in [3.05, 3.63) is 218 Å². The molecule has 0 aliphatic rings. The van der Waals surface area contributed by atoms with Crippen LogP contribution < -0.4 is 9.80 Å². The van der Waals surface area contributed by atoms with Gasteiger partial charge in [0.1, 0.15) is 0 Å². The fourth-order valence-corrected chi connectivity index (χ4v) is 9.42. The van der Waals surface area contributed by atoms with Crippen molar-refractivity contribution in [2.45, 2.75) is 0 Å². The third-order valence-electron chi connectivity index (χ3n) is 12.1. The van der Waals surface area contributed by atoms with Gasteiger partial charge in [-0.15, -0.1) is 0 Å². The van der Waals surface area contributed by atoms with Crippen molar-refractivity contribution < 1.29 is 0 Å². The molecule has 0 atom stereocenters. The summed E-state index contributed by atoms with van der Waals surface area (Å²) in [4.78, 5) is 4.92. The predicted octanol–water partition coefficient (Wildman–Crippen LogP) is 16.1. The van der Waals surface area contributed by atoms with E-state index in [1.165, 1.54) is 75.4 Å². The van der Waals surface area contributed by atoms with Crippen LogP contribution in [0, 0.1) is 0 Å². The molecule has 0 aromatic heterocycles. The van der Waals surface area contributed by atoms with Crippen LogP contribution in [-0.4, -0.2) is 0 Å². The maximum atomic E-state index is 2.46. The highest BCUT2D eigenvalue weighted by Gasteiger charge is 2.23. The molecule has 12 rings (SSSR count). The Morgan fingerprint density at radius 1 is 0.207 bits per heavy atom. The van der Waals surface area contributed by atoms with Crippen LogP contribution in [0.15, 0.2) is 218 Å². The molecule has 12 aromatic rings. The molecule has 0 spiro atoms. The van der Waals surface area contributed by atoms with Crippen molar-refractivity contribution in [1.29, 1.82) is 0 Å². The van der Waals surface area contributed by atoms with Crippen LogP contribution in [0.5, 0.6) is 0 Å². The summed E-state index contributed by atoms with van der Waals surface area (Å²) in [6.45, 7) is 0. The van der Waals surface area contributed by atoms with E-state index in [1.54, 1.807) is 0 Å². The standard InChI is InChI=1S/C56H36N2/c1-3-19-45(20-4-1)57(51-23-11-17-43-33-39-13-7-9-15-41(39)35-49(43)51)53-31-27-37-26-30-48-54(32-28-38-25-29-47(53)55(37)56(38)48)58(46-21-5-2-6-22-46)52-24-12-18-44-34-40-14-8-10-16-42(40)36-50(44)52/h1-36H. The summed E-state index contributed by atoms with van der Waals surface area (Å²) < 4.78 is 0. The quantitative estimate of drug-likeness (QED) is 0.124. The Labute approximate surface area is 336 Å². The molecule has 2 nitrogen and oxygen atoms in total. The van der Waals surface area contributed by atoms with Gasteiger partial charge < -0.3 is 9.80 Å². The molecule has 0 bridgehead atoms. The van der Waals surface area contributed by atoms with Crippen molar-refractivity contribution in [2.75, 3.05) is 9.80 Å². The lowest BCUT2D eigenvalue weighted by Crippen LogP contribution is -2.12. The summed E-state index contributed by atoms with van der Waals surface area (Å²) in [6, 6.07) is 80.2. The average Bonchev–Trinajstić information content (AvgIpc) is 3.28. The second-order valence-electron chi connectivity index (χ2n) is 15.3. The van der Waals surface area contributed by atoms with Crippen molar-refractivity contribution in [3.8, 4) is 0 Å². The molecule has 0 saturated heterocycles. The zero-order chi connectivity index (χ0) is 38.2. The van der Waals surface area contributed by atoms with Gasteiger partial charge in [0.25, 0.3) is 0 Å². The number of anilines is 6. The number of hydrogen-bond acceptors (Lipinski definition) is 2. The minimum Gasteiger partial charge on any atom is -0.309 e. The summed E-state index contributed by atoms with van der Waals surface area (Å²) in [5, 5.41) is 17.3. The van der Waals surface area contributed by atoms with Crippen molar-refractivity contribution in [3.63, 3.8) is 0 Å². The molecule has 0 heterocycles. The zero-order valence-electron chi connectivity index (χ0n) is 31.7. The van der Waals surface area contributed by atoms with Gasteiger partial charge in [0.2, 0.25) is 0 Å². The lowest BCUT2D eigenvalue weighted by atomic mass is 9.91. The van der Waals surface area contributed by atoms with Crippen LogP contribution in [0.4, 0.5) is 34.1 Å². The van der Waals surface area contributed by atoms with Gasteiger partial charge >= 0.3 is 0 Å². The van der Waals surface area contributed by atoms with E-state index < -0.39 is 0 Å². The molecule has 0 radical (unpaired) electrons. The number of hydrogen-bond donors (Lipinski definition) is 0. The molecule has 0 N–H and O–H groups in total. The number of nitrogens with zero attached hydrogens (tertiary/aromatic N) is 2. The Balaban J connectivity index is 1.13. The SMILES string of the molecule is c1ccc(N(c2cccc3cc4ccccc4cc23)c2ccc3ccc4c(N(c5ccccc5)c5cccc6cc7ccccc7cc56)ccc5ccc2c3c54)cc1. The second kappa shape index (κ2) is 12.9. The van der Waals surface area contributed by atoms with Crippen LogP contribution in [0.3, 0.4) is 0 Å². The van der Waals surface area contributed by atoms with Crippen molar-refractivity contribution >= 4 is 110 Å². The minimum absolute atomic E-state index is 1.12. The van der Waals surface area contributed by atoms with E-state index in [9.17, 15) is 0 Å². The number of rotatable bonds is 6. The number of benzene rings is 12. The maximum Gasteiger partial charge on any atom is 0.0540 e. The Hall–Kier alpha value is -7.68. The molecule has 0 aliphatic heterocycles. The summed E-state index contributed by atoms with van der Waals surface area (Å²) >= 11 is 0. The first-order valence-electron chi connectivity index (χ1n) is 20.0. The van der Waals surface area contributed by atoms with E-state index in [0.717, 1.165) is 34.1 Å². The average molecular weight is 737 g/mol. The molecule has 12 aromatic carbocycles. The van der Waals surface area contributed by atoms with Gasteiger partial charge in [-0.3, -0.25) is 0 Å². The third-order valence-corrected chi connectivity index (χ3v) is 12.1. The van der Waals surface area contributed by atoms with E-state index >= 15 is 0 Å². The fourth-order valence-electron chi connectivity index (χ4n) is 9.42. The first-order valence-corrected chi connectivity index (χ1v) is 20.0. The van der Waals surface area contributed by atoms with Gasteiger partial charge in [-0.05, 0) is 127 Å². The Kier molecular flexibility index (Phi) is 7.26. The molecule has 0 fully saturated rings.